The fourth-order valence-corrected chi connectivity index (χ4v) is 1.77. The number of H-pyrrole nitrogens is 1. The smallest absolute Gasteiger partial charge is 0.474 e. The van der Waals surface area contributed by atoms with Crippen LogP contribution < -0.4 is 10.2 Å². The molecule has 0 saturated carbocycles. The third-order valence-corrected chi connectivity index (χ3v) is 2.64. The van der Waals surface area contributed by atoms with Gasteiger partial charge < -0.3 is 14.4 Å². The molecule has 11 heteroatoms. The van der Waals surface area contributed by atoms with Crippen molar-refractivity contribution in [2.45, 2.75) is 0 Å². The minimum Gasteiger partial charge on any atom is -0.474 e. The summed E-state index contributed by atoms with van der Waals surface area (Å²) in [6.07, 6.45) is 0.651. The molecule has 5 nitrogen and oxygen atoms in total. The predicted molar refractivity (Wildman–Crippen MR) is 64.5 cm³/mol. The summed E-state index contributed by atoms with van der Waals surface area (Å²) in [6.45, 7) is -1.51. The Morgan fingerprint density at radius 3 is 2.59 bits per heavy atom. The number of ether oxygens (including phenoxy) is 1. The lowest BCUT2D eigenvalue weighted by Gasteiger charge is -2.09. The topological polar surface area (TPSA) is 68.4 Å². The number of hydrogen-bond acceptors (Lipinski definition) is 4. The van der Waals surface area contributed by atoms with Gasteiger partial charge in [0, 0.05) is 6.20 Å². The first-order valence-corrected chi connectivity index (χ1v) is 5.58. The normalized spacial score (nSPS) is 10.6. The summed E-state index contributed by atoms with van der Waals surface area (Å²) in [6, 6.07) is 0.424. The zero-order chi connectivity index (χ0) is 16.4. The third-order valence-electron chi connectivity index (χ3n) is 2.64. The molecule has 0 aliphatic carbocycles. The number of benzene rings is 1. The van der Waals surface area contributed by atoms with Crippen LogP contribution in [0.25, 0.3) is 10.9 Å². The highest BCUT2D eigenvalue weighted by Gasteiger charge is 2.26. The van der Waals surface area contributed by atoms with E-state index in [-0.39, 0.29) is 0 Å². The van der Waals surface area contributed by atoms with Crippen LogP contribution >= 0.6 is 0 Å². The Kier molecular flexibility index (Phi) is 4.34. The van der Waals surface area contributed by atoms with Gasteiger partial charge in [0.15, 0.2) is 11.6 Å². The van der Waals surface area contributed by atoms with Crippen molar-refractivity contribution in [3.63, 3.8) is 0 Å². The average Bonchev–Trinajstić information content (AvgIpc) is 2.44. The molecule has 0 bridgehead atoms. The van der Waals surface area contributed by atoms with Gasteiger partial charge in [0.05, 0.1) is 10.9 Å². The van der Waals surface area contributed by atoms with Crippen molar-refractivity contribution >= 4 is 24.3 Å². The van der Waals surface area contributed by atoms with Gasteiger partial charge in [0.25, 0.3) is 0 Å². The SMILES string of the molecule is O=C(OB(F)F)c1c[nH]c2c(OCF)c(F)c(F)cc2c1=O. The second-order valence-electron chi connectivity index (χ2n) is 3.87. The number of aromatic nitrogens is 1. The van der Waals surface area contributed by atoms with Crippen LogP contribution in [0, 0.1) is 11.6 Å². The molecule has 0 aliphatic rings. The summed E-state index contributed by atoms with van der Waals surface area (Å²) >= 11 is 0. The molecular weight excluding hydrogens is 316 g/mol. The van der Waals surface area contributed by atoms with Crippen LogP contribution in [0.3, 0.4) is 0 Å². The van der Waals surface area contributed by atoms with Crippen molar-refractivity contribution in [2.75, 3.05) is 6.86 Å². The van der Waals surface area contributed by atoms with E-state index in [0.717, 1.165) is 0 Å². The minimum atomic E-state index is -3.46. The van der Waals surface area contributed by atoms with Gasteiger partial charge in [-0.2, -0.15) is 4.39 Å². The van der Waals surface area contributed by atoms with E-state index in [9.17, 15) is 31.4 Å². The number of halogens is 5. The van der Waals surface area contributed by atoms with Gasteiger partial charge in [-0.1, -0.05) is 0 Å². The van der Waals surface area contributed by atoms with Gasteiger partial charge in [-0.25, -0.2) is 22.2 Å². The Labute approximate surface area is 118 Å². The predicted octanol–water partition coefficient (Wildman–Crippen LogP) is 2.19. The van der Waals surface area contributed by atoms with Crippen LogP contribution in [-0.2, 0) is 4.65 Å². The van der Waals surface area contributed by atoms with Crippen LogP contribution in [0.15, 0.2) is 17.1 Å². The number of aromatic amines is 1. The molecule has 2 aromatic rings. The highest BCUT2D eigenvalue weighted by atomic mass is 19.2. The van der Waals surface area contributed by atoms with Gasteiger partial charge in [-0.05, 0) is 6.07 Å². The Hall–Kier alpha value is -2.59. The maximum absolute atomic E-state index is 13.5. The Bertz CT molecular complexity index is 794. The molecule has 0 unspecified atom stereocenters. The van der Waals surface area contributed by atoms with Gasteiger partial charge in [-0.3, -0.25) is 4.79 Å². The standard InChI is InChI=1S/C11H5BF5NO4/c13-3-21-10-7(15)6(14)1-4-8(10)18-2-5(9(4)19)11(20)22-12(16)17/h1-2H,3H2,(H,18,19). The molecule has 0 amide bonds. The van der Waals surface area contributed by atoms with Crippen LogP contribution in [0.5, 0.6) is 5.75 Å². The second-order valence-corrected chi connectivity index (χ2v) is 3.87. The summed E-state index contributed by atoms with van der Waals surface area (Å²) < 4.78 is 70.9. The maximum atomic E-state index is 13.5. The molecule has 116 valence electrons. The van der Waals surface area contributed by atoms with Crippen molar-refractivity contribution in [1.29, 1.82) is 0 Å². The summed E-state index contributed by atoms with van der Waals surface area (Å²) in [4.78, 5) is 25.5. The molecular formula is C11H5BF5NO4. The number of alkyl halides is 1. The van der Waals surface area contributed by atoms with E-state index in [0.29, 0.717) is 12.3 Å². The molecule has 1 aromatic carbocycles. The fraction of sp³-hybridized carbons (Fsp3) is 0.0909. The first kappa shape index (κ1) is 15.8. The molecule has 0 aliphatic heterocycles. The van der Waals surface area contributed by atoms with Crippen LogP contribution in [0.1, 0.15) is 10.4 Å². The summed E-state index contributed by atoms with van der Waals surface area (Å²) in [5.41, 5.74) is -2.50. The molecule has 1 aromatic heterocycles. The molecule has 0 spiro atoms. The van der Waals surface area contributed by atoms with E-state index in [1.807, 2.05) is 0 Å². The van der Waals surface area contributed by atoms with E-state index < -0.39 is 59.6 Å². The third kappa shape index (κ3) is 2.74. The minimum absolute atomic E-state index is 0.424. The van der Waals surface area contributed by atoms with Crippen LogP contribution in [0.4, 0.5) is 21.8 Å². The zero-order valence-electron chi connectivity index (χ0n) is 10.5. The van der Waals surface area contributed by atoms with Crippen molar-refractivity contribution in [3.8, 4) is 5.75 Å². The molecule has 0 saturated heterocycles. The van der Waals surface area contributed by atoms with Crippen molar-refractivity contribution in [1.82, 2.24) is 4.98 Å². The lowest BCUT2D eigenvalue weighted by atomic mass is 10.1. The number of hydrogen-bond donors (Lipinski definition) is 1. The van der Waals surface area contributed by atoms with Crippen molar-refractivity contribution in [3.05, 3.63) is 39.7 Å². The van der Waals surface area contributed by atoms with E-state index in [4.69, 9.17) is 0 Å². The highest BCUT2D eigenvalue weighted by molar-refractivity contribution is 6.38. The number of rotatable bonds is 4. The first-order valence-electron chi connectivity index (χ1n) is 5.58. The Morgan fingerprint density at radius 2 is 2.00 bits per heavy atom. The largest absolute Gasteiger partial charge is 0.798 e. The highest BCUT2D eigenvalue weighted by Crippen LogP contribution is 2.28. The van der Waals surface area contributed by atoms with Gasteiger partial charge in [0.2, 0.25) is 18.1 Å². The molecule has 2 rings (SSSR count). The van der Waals surface area contributed by atoms with Crippen molar-refractivity contribution < 1.29 is 36.0 Å². The van der Waals surface area contributed by atoms with E-state index in [1.54, 1.807) is 0 Å². The zero-order valence-corrected chi connectivity index (χ0v) is 10.5. The van der Waals surface area contributed by atoms with Gasteiger partial charge >= 0.3 is 13.4 Å². The second kappa shape index (κ2) is 6.04. The van der Waals surface area contributed by atoms with E-state index >= 15 is 0 Å². The summed E-state index contributed by atoms with van der Waals surface area (Å²) in [7, 11) is -3.46. The number of carbonyl (C=O) groups is 1. The monoisotopic (exact) mass is 321 g/mol. The summed E-state index contributed by atoms with van der Waals surface area (Å²) in [5, 5.41) is -0.592. The van der Waals surface area contributed by atoms with Gasteiger partial charge in [-0.15, -0.1) is 0 Å². The number of fused-ring (bicyclic) bond motifs is 1. The van der Waals surface area contributed by atoms with Gasteiger partial charge in [0.1, 0.15) is 5.56 Å². The first-order chi connectivity index (χ1) is 10.4. The van der Waals surface area contributed by atoms with Crippen LogP contribution in [0.2, 0.25) is 0 Å². The maximum Gasteiger partial charge on any atom is 0.798 e. The molecule has 0 radical (unpaired) electrons. The van der Waals surface area contributed by atoms with Crippen molar-refractivity contribution in [2.24, 2.45) is 0 Å². The number of nitrogens with one attached hydrogen (secondary N) is 1. The number of carbonyl (C=O) groups excluding carboxylic acids is 1. The molecule has 1 heterocycles. The lowest BCUT2D eigenvalue weighted by Crippen LogP contribution is -2.22. The average molecular weight is 321 g/mol. The molecule has 0 fully saturated rings. The summed E-state index contributed by atoms with van der Waals surface area (Å²) in [5.74, 6) is -5.66. The Balaban J connectivity index is 2.69. The fourth-order valence-electron chi connectivity index (χ4n) is 1.77. The number of pyridine rings is 1. The molecule has 0 atom stereocenters. The van der Waals surface area contributed by atoms with E-state index in [2.05, 4.69) is 14.4 Å². The lowest BCUT2D eigenvalue weighted by molar-refractivity contribution is 0.0693. The molecule has 22 heavy (non-hydrogen) atoms. The van der Waals surface area contributed by atoms with Crippen LogP contribution in [-0.4, -0.2) is 25.3 Å². The quantitative estimate of drug-likeness (QED) is 0.692. The Morgan fingerprint density at radius 1 is 1.32 bits per heavy atom. The molecule has 1 N–H and O–H groups in total. The van der Waals surface area contributed by atoms with E-state index in [1.165, 1.54) is 0 Å².